The maximum atomic E-state index is 13.3. The van der Waals surface area contributed by atoms with Crippen molar-refractivity contribution in [2.75, 3.05) is 6.61 Å². The molecule has 3 aromatic rings. The molecule has 1 fully saturated rings. The Balaban J connectivity index is 1.45. The van der Waals surface area contributed by atoms with E-state index in [9.17, 15) is 14.9 Å². The number of esters is 1. The highest BCUT2D eigenvalue weighted by molar-refractivity contribution is 8.04. The summed E-state index contributed by atoms with van der Waals surface area (Å²) in [6.07, 6.45) is 7.69. The van der Waals surface area contributed by atoms with Crippen molar-refractivity contribution in [3.63, 3.8) is 0 Å². The second-order valence-corrected chi connectivity index (χ2v) is 10.6. The molecule has 7 heteroatoms. The number of fused-ring (bicyclic) bond motifs is 2. The Morgan fingerprint density at radius 2 is 1.89 bits per heavy atom. The van der Waals surface area contributed by atoms with Crippen molar-refractivity contribution in [2.24, 2.45) is 5.92 Å². The first-order valence-corrected chi connectivity index (χ1v) is 13.6. The lowest BCUT2D eigenvalue weighted by atomic mass is 9.84. The maximum Gasteiger partial charge on any atom is 0.336 e. The van der Waals surface area contributed by atoms with Crippen LogP contribution in [0.2, 0.25) is 0 Å². The summed E-state index contributed by atoms with van der Waals surface area (Å²) in [5.74, 6) is -0.796. The molecule has 1 aliphatic carbocycles. The van der Waals surface area contributed by atoms with Gasteiger partial charge in [0.25, 0.3) is 5.91 Å². The van der Waals surface area contributed by atoms with Crippen LogP contribution in [-0.2, 0) is 20.9 Å². The molecule has 1 aromatic heterocycles. The number of nitrogens with one attached hydrogen (secondary N) is 1. The summed E-state index contributed by atoms with van der Waals surface area (Å²) in [7, 11) is 0. The number of hydrogen-bond donors (Lipinski definition) is 1. The zero-order valence-electron chi connectivity index (χ0n) is 20.8. The lowest BCUT2D eigenvalue weighted by molar-refractivity contribution is -0.139. The maximum absolute atomic E-state index is 13.3. The number of nitriles is 1. The highest BCUT2D eigenvalue weighted by atomic mass is 32.2. The summed E-state index contributed by atoms with van der Waals surface area (Å²) in [6, 6.07) is 20.2. The average Bonchev–Trinajstić information content (AvgIpc) is 3.45. The van der Waals surface area contributed by atoms with E-state index >= 15 is 0 Å². The Labute approximate surface area is 221 Å². The van der Waals surface area contributed by atoms with Gasteiger partial charge >= 0.3 is 5.97 Å². The fourth-order valence-corrected chi connectivity index (χ4v) is 6.81. The van der Waals surface area contributed by atoms with E-state index in [0.717, 1.165) is 47.7 Å². The Bertz CT molecular complexity index is 1430. The van der Waals surface area contributed by atoms with Crippen LogP contribution in [0.25, 0.3) is 17.0 Å². The Kier molecular flexibility index (Phi) is 7.47. The minimum Gasteiger partial charge on any atom is -0.463 e. The molecule has 1 N–H and O–H groups in total. The molecule has 0 spiro atoms. The highest BCUT2D eigenvalue weighted by Gasteiger charge is 2.41. The number of para-hydroxylation sites is 1. The molecule has 188 valence electrons. The molecular formula is C30H29N3O3S. The molecule has 1 aliphatic heterocycles. The average molecular weight is 512 g/mol. The van der Waals surface area contributed by atoms with Gasteiger partial charge in [0.2, 0.25) is 0 Å². The molecule has 1 amide bonds. The summed E-state index contributed by atoms with van der Waals surface area (Å²) >= 11 is 1.53. The Morgan fingerprint density at radius 3 is 2.68 bits per heavy atom. The van der Waals surface area contributed by atoms with Crippen LogP contribution >= 0.6 is 11.8 Å². The van der Waals surface area contributed by atoms with Gasteiger partial charge in [0, 0.05) is 40.4 Å². The second kappa shape index (κ2) is 11.1. The van der Waals surface area contributed by atoms with E-state index in [4.69, 9.17) is 4.74 Å². The summed E-state index contributed by atoms with van der Waals surface area (Å²) in [5.41, 5.74) is 3.54. The van der Waals surface area contributed by atoms with Gasteiger partial charge in [-0.15, -0.1) is 11.8 Å². The monoisotopic (exact) mass is 511 g/mol. The SMILES string of the molecule is CCOC(=O)C1=C(NC(=O)/C(C#N)=C/c2cn(Cc3ccccc3)c3ccccc23)SC2CCCCC12. The van der Waals surface area contributed by atoms with Gasteiger partial charge in [0.1, 0.15) is 11.6 Å². The van der Waals surface area contributed by atoms with Crippen molar-refractivity contribution in [1.29, 1.82) is 5.26 Å². The number of nitrogens with zero attached hydrogens (tertiary/aromatic N) is 2. The summed E-state index contributed by atoms with van der Waals surface area (Å²) in [4.78, 5) is 26.1. The van der Waals surface area contributed by atoms with Gasteiger partial charge in [-0.1, -0.05) is 61.4 Å². The Hall–Kier alpha value is -3.76. The molecule has 6 nitrogen and oxygen atoms in total. The van der Waals surface area contributed by atoms with Crippen molar-refractivity contribution in [1.82, 2.24) is 9.88 Å². The lowest BCUT2D eigenvalue weighted by Crippen LogP contribution is -2.26. The predicted molar refractivity (Wildman–Crippen MR) is 146 cm³/mol. The molecule has 0 radical (unpaired) electrons. The van der Waals surface area contributed by atoms with Crippen LogP contribution in [0, 0.1) is 17.2 Å². The van der Waals surface area contributed by atoms with Crippen LogP contribution in [0.15, 0.2) is 77.0 Å². The van der Waals surface area contributed by atoms with Crippen LogP contribution in [0.5, 0.6) is 0 Å². The summed E-state index contributed by atoms with van der Waals surface area (Å²) < 4.78 is 7.45. The van der Waals surface area contributed by atoms with Gasteiger partial charge in [-0.3, -0.25) is 4.79 Å². The summed E-state index contributed by atoms with van der Waals surface area (Å²) in [6.45, 7) is 2.74. The normalized spacial score (nSPS) is 19.4. The number of ether oxygens (including phenoxy) is 1. The topological polar surface area (TPSA) is 84.1 Å². The number of benzene rings is 2. The van der Waals surface area contributed by atoms with Gasteiger partial charge in [-0.2, -0.15) is 5.26 Å². The van der Waals surface area contributed by atoms with Gasteiger partial charge in [0.05, 0.1) is 17.2 Å². The number of carbonyl (C=O) groups excluding carboxylic acids is 2. The molecule has 0 saturated heterocycles. The van der Waals surface area contributed by atoms with E-state index in [1.165, 1.54) is 11.8 Å². The minimum absolute atomic E-state index is 0.00575. The smallest absolute Gasteiger partial charge is 0.336 e. The van der Waals surface area contributed by atoms with E-state index in [1.54, 1.807) is 13.0 Å². The van der Waals surface area contributed by atoms with E-state index in [0.29, 0.717) is 17.1 Å². The molecule has 2 atom stereocenters. The summed E-state index contributed by atoms with van der Waals surface area (Å²) in [5, 5.41) is 14.6. The molecule has 2 aromatic carbocycles. The quantitative estimate of drug-likeness (QED) is 0.246. The van der Waals surface area contributed by atoms with E-state index in [-0.39, 0.29) is 29.3 Å². The van der Waals surface area contributed by atoms with Crippen LogP contribution in [0.4, 0.5) is 0 Å². The minimum atomic E-state index is -0.509. The van der Waals surface area contributed by atoms with E-state index in [2.05, 4.69) is 28.1 Å². The first kappa shape index (κ1) is 24.9. The van der Waals surface area contributed by atoms with E-state index < -0.39 is 5.91 Å². The number of thioether (sulfide) groups is 1. The molecule has 1 saturated carbocycles. The fourth-order valence-electron chi connectivity index (χ4n) is 5.28. The van der Waals surface area contributed by atoms with Crippen molar-refractivity contribution in [2.45, 2.75) is 44.4 Å². The van der Waals surface area contributed by atoms with Gasteiger partial charge in [-0.05, 0) is 37.5 Å². The number of carbonyl (C=O) groups is 2. The van der Waals surface area contributed by atoms with Crippen LogP contribution in [0.1, 0.15) is 43.7 Å². The Morgan fingerprint density at radius 1 is 1.14 bits per heavy atom. The molecule has 2 aliphatic rings. The van der Waals surface area contributed by atoms with Gasteiger partial charge < -0.3 is 14.6 Å². The van der Waals surface area contributed by atoms with Crippen LogP contribution in [0.3, 0.4) is 0 Å². The fraction of sp³-hybridized carbons (Fsp3) is 0.300. The largest absolute Gasteiger partial charge is 0.463 e. The third kappa shape index (κ3) is 5.21. The first-order valence-electron chi connectivity index (χ1n) is 12.7. The van der Waals surface area contributed by atoms with Gasteiger partial charge in [-0.25, -0.2) is 4.79 Å². The number of rotatable bonds is 7. The van der Waals surface area contributed by atoms with Crippen molar-refractivity contribution in [3.8, 4) is 6.07 Å². The van der Waals surface area contributed by atoms with Gasteiger partial charge in [0.15, 0.2) is 0 Å². The van der Waals surface area contributed by atoms with Crippen LogP contribution < -0.4 is 5.32 Å². The van der Waals surface area contributed by atoms with Crippen molar-refractivity contribution >= 4 is 40.6 Å². The second-order valence-electron chi connectivity index (χ2n) is 9.35. The van der Waals surface area contributed by atoms with Crippen LogP contribution in [-0.4, -0.2) is 28.3 Å². The third-order valence-electron chi connectivity index (χ3n) is 6.99. The lowest BCUT2D eigenvalue weighted by Gasteiger charge is -2.25. The zero-order valence-corrected chi connectivity index (χ0v) is 21.6. The molecule has 0 bridgehead atoms. The highest BCUT2D eigenvalue weighted by Crippen LogP contribution is 2.48. The number of amides is 1. The van der Waals surface area contributed by atoms with Crippen molar-refractivity contribution < 1.29 is 14.3 Å². The molecular weight excluding hydrogens is 482 g/mol. The molecule has 37 heavy (non-hydrogen) atoms. The number of aromatic nitrogens is 1. The standard InChI is InChI=1S/C30H29N3O3S/c1-2-36-30(35)27-24-13-7-9-15-26(24)37-29(27)32-28(34)21(17-31)16-22-19-33(18-20-10-4-3-5-11-20)25-14-8-6-12-23(22)25/h3-6,8,10-12,14,16,19,24,26H,2,7,9,13,15,18H2,1H3,(H,32,34)/b21-16+. The third-order valence-corrected chi connectivity index (χ3v) is 8.41. The van der Waals surface area contributed by atoms with Crippen molar-refractivity contribution in [3.05, 3.63) is 88.1 Å². The number of hydrogen-bond acceptors (Lipinski definition) is 5. The van der Waals surface area contributed by atoms with E-state index in [1.807, 2.05) is 48.7 Å². The zero-order chi connectivity index (χ0) is 25.8. The molecule has 5 rings (SSSR count). The molecule has 2 heterocycles. The molecule has 2 unspecified atom stereocenters. The first-order chi connectivity index (χ1) is 18.1. The predicted octanol–water partition coefficient (Wildman–Crippen LogP) is 5.79.